The minimum atomic E-state index is -0.828. The van der Waals surface area contributed by atoms with E-state index >= 15 is 0 Å². The van der Waals surface area contributed by atoms with Crippen LogP contribution in [0.15, 0.2) is 231 Å². The largest absolute Gasteiger partial charge is 0.457 e. The van der Waals surface area contributed by atoms with Gasteiger partial charge in [0, 0.05) is 66.3 Å². The van der Waals surface area contributed by atoms with Gasteiger partial charge in [-0.2, -0.15) is 5.26 Å². The molecule has 0 saturated carbocycles. The van der Waals surface area contributed by atoms with Crippen molar-refractivity contribution in [1.82, 2.24) is 23.7 Å². The molecule has 7 nitrogen and oxygen atoms in total. The van der Waals surface area contributed by atoms with Crippen LogP contribution in [0.4, 0.5) is 0 Å². The number of nitriles is 1. The Balaban J connectivity index is 0.914. The number of rotatable bonds is 4. The zero-order valence-electron chi connectivity index (χ0n) is 39.0. The Morgan fingerprint density at radius 1 is 0.370 bits per heavy atom. The maximum Gasteiger partial charge on any atom is 0.132 e. The Bertz CT molecular complexity index is 4660. The van der Waals surface area contributed by atoms with Crippen molar-refractivity contribution in [1.29, 1.82) is 5.26 Å². The average Bonchev–Trinajstić information content (AvgIpc) is 4.17. The number of nitrogens with zero attached hydrogens (tertiary/aromatic N) is 6. The quantitative estimate of drug-likeness (QED) is 0.176. The van der Waals surface area contributed by atoms with Gasteiger partial charge in [-0.15, -0.1) is 0 Å². The van der Waals surface area contributed by atoms with Crippen LogP contribution in [0.3, 0.4) is 0 Å². The highest BCUT2D eigenvalue weighted by Crippen LogP contribution is 2.62. The van der Waals surface area contributed by atoms with Crippen molar-refractivity contribution in [3.63, 3.8) is 0 Å². The predicted octanol–water partition coefficient (Wildman–Crippen LogP) is 15.8. The summed E-state index contributed by atoms with van der Waals surface area (Å²) in [6, 6.07) is 80.0. The molecule has 0 unspecified atom stereocenters. The SMILES string of the molecule is N#Cc1ccc2c(c1)c1ccccc1n2-c1cnc2c(c1)C1(c3ccccc3Oc3ccccc31)c1cc(-c3ccc4c(c3)c3ccccc3n4-c3ccccc3-n3c4ccccc4c4ccccc43)cnc1-2. The number of pyridine rings is 2. The number of ether oxygens (including phenoxy) is 1. The molecule has 9 aromatic carbocycles. The van der Waals surface area contributed by atoms with Crippen LogP contribution >= 0.6 is 0 Å². The number of hydrogen-bond acceptors (Lipinski definition) is 4. The maximum atomic E-state index is 9.92. The Labute approximate surface area is 418 Å². The molecule has 7 heteroatoms. The Kier molecular flexibility index (Phi) is 8.04. The average molecular weight is 931 g/mol. The normalized spacial score (nSPS) is 13.1. The zero-order valence-corrected chi connectivity index (χ0v) is 39.0. The highest BCUT2D eigenvalue weighted by Gasteiger charge is 2.53. The molecule has 0 amide bonds. The lowest BCUT2D eigenvalue weighted by Crippen LogP contribution is -2.32. The van der Waals surface area contributed by atoms with E-state index in [9.17, 15) is 5.26 Å². The van der Waals surface area contributed by atoms with Gasteiger partial charge in [-0.1, -0.05) is 127 Å². The maximum absolute atomic E-state index is 9.92. The van der Waals surface area contributed by atoms with Crippen molar-refractivity contribution >= 4 is 65.4 Å². The Morgan fingerprint density at radius 3 is 1.42 bits per heavy atom. The second kappa shape index (κ2) is 14.8. The molecule has 73 heavy (non-hydrogen) atoms. The van der Waals surface area contributed by atoms with Gasteiger partial charge in [-0.25, -0.2) is 0 Å². The fourth-order valence-electron chi connectivity index (χ4n) is 12.6. The van der Waals surface area contributed by atoms with Crippen LogP contribution in [0.5, 0.6) is 11.5 Å². The van der Waals surface area contributed by atoms with Crippen molar-refractivity contribution in [2.24, 2.45) is 0 Å². The number of para-hydroxylation sites is 8. The molecular weight excluding hydrogens is 893 g/mol. The summed E-state index contributed by atoms with van der Waals surface area (Å²) in [5.41, 5.74) is 17.5. The molecule has 5 aromatic heterocycles. The molecule has 14 aromatic rings. The molecule has 16 rings (SSSR count). The molecule has 1 aliphatic carbocycles. The second-order valence-corrected chi connectivity index (χ2v) is 19.2. The van der Waals surface area contributed by atoms with Gasteiger partial charge in [0.15, 0.2) is 0 Å². The molecule has 0 saturated heterocycles. The van der Waals surface area contributed by atoms with Gasteiger partial charge < -0.3 is 18.4 Å². The molecule has 0 bridgehead atoms. The summed E-state index contributed by atoms with van der Waals surface area (Å²) in [6.07, 6.45) is 3.99. The summed E-state index contributed by atoms with van der Waals surface area (Å²) in [5.74, 6) is 1.60. The van der Waals surface area contributed by atoms with E-state index in [-0.39, 0.29) is 0 Å². The van der Waals surface area contributed by atoms with Crippen LogP contribution in [-0.4, -0.2) is 23.7 Å². The summed E-state index contributed by atoms with van der Waals surface area (Å²) < 4.78 is 13.9. The second-order valence-electron chi connectivity index (χ2n) is 19.2. The van der Waals surface area contributed by atoms with Crippen LogP contribution in [-0.2, 0) is 5.41 Å². The van der Waals surface area contributed by atoms with Crippen molar-refractivity contribution in [2.45, 2.75) is 5.41 Å². The van der Waals surface area contributed by atoms with Crippen molar-refractivity contribution in [3.05, 3.63) is 259 Å². The summed E-state index contributed by atoms with van der Waals surface area (Å²) in [5, 5.41) is 16.8. The van der Waals surface area contributed by atoms with E-state index in [4.69, 9.17) is 14.7 Å². The molecule has 1 spiro atoms. The first kappa shape index (κ1) is 39.8. The van der Waals surface area contributed by atoms with Gasteiger partial charge in [0.1, 0.15) is 11.5 Å². The first-order valence-electron chi connectivity index (χ1n) is 24.6. The number of aromatic nitrogens is 5. The lowest BCUT2D eigenvalue weighted by molar-refractivity contribution is 0.436. The predicted molar refractivity (Wildman–Crippen MR) is 293 cm³/mol. The van der Waals surface area contributed by atoms with Crippen LogP contribution in [0.25, 0.3) is 105 Å². The minimum Gasteiger partial charge on any atom is -0.457 e. The van der Waals surface area contributed by atoms with Gasteiger partial charge in [-0.05, 0) is 96.6 Å². The fraction of sp³-hybridized carbons (Fsp3) is 0.0152. The van der Waals surface area contributed by atoms with Crippen LogP contribution in [0.2, 0.25) is 0 Å². The molecular formula is C66H38N6O. The van der Waals surface area contributed by atoms with Crippen LogP contribution in [0.1, 0.15) is 27.8 Å². The number of hydrogen-bond donors (Lipinski definition) is 0. The fourth-order valence-corrected chi connectivity index (χ4v) is 12.6. The first-order valence-corrected chi connectivity index (χ1v) is 24.6. The highest BCUT2D eigenvalue weighted by atomic mass is 16.5. The standard InChI is InChI=1S/C66H38N6O/c67-37-40-29-31-58-48(33-40)46-17-3-7-21-54(46)70(58)43-36-53-65(69-39-43)64-52(66(53)50-19-5-13-27-62(50)73-63-28-14-6-20-51(63)66)35-42(38-68-64)41-30-32-59-49(34-41)47-18-4-10-24-57(47)72(59)61-26-12-11-25-60(61)71-55-22-8-1-15-44(55)45-16-2-9-23-56(45)71/h1-36,38-39H. The Hall–Kier alpha value is -10.0. The summed E-state index contributed by atoms with van der Waals surface area (Å²) in [6.45, 7) is 0. The van der Waals surface area contributed by atoms with Gasteiger partial charge >= 0.3 is 0 Å². The van der Waals surface area contributed by atoms with Gasteiger partial charge in [0.05, 0.1) is 84.8 Å². The highest BCUT2D eigenvalue weighted by molar-refractivity contribution is 6.13. The first-order chi connectivity index (χ1) is 36.2. The van der Waals surface area contributed by atoms with Crippen LogP contribution in [0, 0.1) is 11.3 Å². The van der Waals surface area contributed by atoms with Gasteiger partial charge in [0.2, 0.25) is 0 Å². The molecule has 0 radical (unpaired) electrons. The smallest absolute Gasteiger partial charge is 0.132 e. The lowest BCUT2D eigenvalue weighted by Gasteiger charge is -2.39. The third-order valence-electron chi connectivity index (χ3n) is 15.6. The summed E-state index contributed by atoms with van der Waals surface area (Å²) >= 11 is 0. The van der Waals surface area contributed by atoms with E-state index in [2.05, 4.69) is 214 Å². The molecule has 0 N–H and O–H groups in total. The molecule has 338 valence electrons. The number of benzene rings is 9. The van der Waals surface area contributed by atoms with E-state index in [1.807, 2.05) is 36.7 Å². The van der Waals surface area contributed by atoms with Crippen molar-refractivity contribution < 1.29 is 4.74 Å². The molecule has 0 atom stereocenters. The summed E-state index contributed by atoms with van der Waals surface area (Å²) in [7, 11) is 0. The summed E-state index contributed by atoms with van der Waals surface area (Å²) in [4.78, 5) is 10.8. The van der Waals surface area contributed by atoms with E-state index in [0.29, 0.717) is 5.56 Å². The lowest BCUT2D eigenvalue weighted by atomic mass is 9.66. The Morgan fingerprint density at radius 2 is 0.822 bits per heavy atom. The topological polar surface area (TPSA) is 73.6 Å². The van der Waals surface area contributed by atoms with E-state index in [1.165, 1.54) is 27.2 Å². The van der Waals surface area contributed by atoms with Crippen molar-refractivity contribution in [2.75, 3.05) is 0 Å². The van der Waals surface area contributed by atoms with E-state index < -0.39 is 5.41 Å². The van der Waals surface area contributed by atoms with Crippen molar-refractivity contribution in [3.8, 4) is 57.1 Å². The molecule has 0 fully saturated rings. The minimum absolute atomic E-state index is 0.625. The van der Waals surface area contributed by atoms with Crippen LogP contribution < -0.4 is 4.74 Å². The molecule has 6 heterocycles. The third kappa shape index (κ3) is 5.30. The number of fused-ring (bicyclic) bond motifs is 18. The van der Waals surface area contributed by atoms with Gasteiger partial charge in [-0.3, -0.25) is 9.97 Å². The van der Waals surface area contributed by atoms with E-state index in [0.717, 1.165) is 112 Å². The molecule has 1 aliphatic heterocycles. The molecule has 2 aliphatic rings. The zero-order chi connectivity index (χ0) is 47.9. The third-order valence-corrected chi connectivity index (χ3v) is 15.6. The van der Waals surface area contributed by atoms with E-state index in [1.54, 1.807) is 0 Å². The monoisotopic (exact) mass is 930 g/mol. The van der Waals surface area contributed by atoms with Gasteiger partial charge in [0.25, 0.3) is 0 Å².